The van der Waals surface area contributed by atoms with E-state index in [1.807, 2.05) is 18.2 Å². The standard InChI is InChI=1S/C34H36N4O3/c1-20(2)17-18-35-32(39)25-10-6-8-12-28(25)38-33(40)29-19-26-24-9-5-7-11-27(24)36-30(26)31(37(29)34(38)41)23-15-13-22(14-16-23)21(3)4/h5-16,20-21,29,31,36H,17-19H2,1-4H3,(H,35,39). The maximum atomic E-state index is 14.3. The van der Waals surface area contributed by atoms with Crippen molar-refractivity contribution in [2.24, 2.45) is 5.92 Å². The van der Waals surface area contributed by atoms with Gasteiger partial charge in [-0.25, -0.2) is 9.69 Å². The van der Waals surface area contributed by atoms with Gasteiger partial charge in [-0.2, -0.15) is 0 Å². The molecule has 0 radical (unpaired) electrons. The van der Waals surface area contributed by atoms with Crippen LogP contribution in [0.2, 0.25) is 0 Å². The van der Waals surface area contributed by atoms with Crippen LogP contribution in [0.4, 0.5) is 10.5 Å². The van der Waals surface area contributed by atoms with Crippen LogP contribution in [0.15, 0.2) is 72.8 Å². The van der Waals surface area contributed by atoms with Crippen molar-refractivity contribution in [1.82, 2.24) is 15.2 Å². The van der Waals surface area contributed by atoms with Gasteiger partial charge in [0.25, 0.3) is 11.8 Å². The summed E-state index contributed by atoms with van der Waals surface area (Å²) in [6.07, 6.45) is 1.25. The summed E-state index contributed by atoms with van der Waals surface area (Å²) in [7, 11) is 0. The number of urea groups is 1. The Morgan fingerprint density at radius 1 is 0.951 bits per heavy atom. The molecule has 2 unspecified atom stereocenters. The monoisotopic (exact) mass is 548 g/mol. The number of nitrogens with zero attached hydrogens (tertiary/aromatic N) is 2. The summed E-state index contributed by atoms with van der Waals surface area (Å²) in [4.78, 5) is 48.1. The van der Waals surface area contributed by atoms with E-state index in [4.69, 9.17) is 0 Å². The normalized spacial score (nSPS) is 18.4. The molecular formula is C34H36N4O3. The first-order chi connectivity index (χ1) is 19.8. The number of amides is 4. The van der Waals surface area contributed by atoms with Crippen LogP contribution in [0.3, 0.4) is 0 Å². The number of carbonyl (C=O) groups is 3. The first-order valence-electron chi connectivity index (χ1n) is 14.5. The first kappa shape index (κ1) is 26.8. The maximum absolute atomic E-state index is 14.3. The Labute approximate surface area is 240 Å². The van der Waals surface area contributed by atoms with Gasteiger partial charge in [-0.1, -0.05) is 82.3 Å². The summed E-state index contributed by atoms with van der Waals surface area (Å²) in [5.74, 6) is 0.226. The molecule has 1 saturated heterocycles. The van der Waals surface area contributed by atoms with Crippen molar-refractivity contribution in [3.8, 4) is 0 Å². The van der Waals surface area contributed by atoms with E-state index in [1.165, 1.54) is 10.5 Å². The second kappa shape index (κ2) is 10.5. The molecule has 4 amide bonds. The number of nitrogens with one attached hydrogen (secondary N) is 2. The fourth-order valence-corrected chi connectivity index (χ4v) is 6.14. The number of benzene rings is 3. The molecule has 7 heteroatoms. The number of fused-ring (bicyclic) bond motifs is 4. The van der Waals surface area contributed by atoms with E-state index in [-0.39, 0.29) is 11.8 Å². The summed E-state index contributed by atoms with van der Waals surface area (Å²) in [6.45, 7) is 9.03. The lowest BCUT2D eigenvalue weighted by Gasteiger charge is -2.36. The van der Waals surface area contributed by atoms with E-state index < -0.39 is 18.1 Å². The van der Waals surface area contributed by atoms with Crippen LogP contribution in [-0.4, -0.2) is 40.3 Å². The molecule has 41 heavy (non-hydrogen) atoms. The molecule has 0 saturated carbocycles. The van der Waals surface area contributed by atoms with Crippen LogP contribution in [0.1, 0.15) is 78.8 Å². The number of para-hydroxylation sites is 2. The van der Waals surface area contributed by atoms with Crippen LogP contribution in [0.25, 0.3) is 10.9 Å². The molecule has 1 aromatic heterocycles. The van der Waals surface area contributed by atoms with Crippen molar-refractivity contribution in [3.63, 3.8) is 0 Å². The van der Waals surface area contributed by atoms with Crippen LogP contribution < -0.4 is 10.2 Å². The van der Waals surface area contributed by atoms with Crippen molar-refractivity contribution in [2.75, 3.05) is 11.4 Å². The molecule has 3 aromatic carbocycles. The number of hydrogen-bond acceptors (Lipinski definition) is 3. The molecule has 210 valence electrons. The smallest absolute Gasteiger partial charge is 0.332 e. The number of hydrogen-bond donors (Lipinski definition) is 2. The van der Waals surface area contributed by atoms with Crippen molar-refractivity contribution in [2.45, 2.75) is 58.5 Å². The lowest BCUT2D eigenvalue weighted by molar-refractivity contribution is -0.120. The number of aromatic nitrogens is 1. The average Bonchev–Trinajstić information content (AvgIpc) is 3.46. The lowest BCUT2D eigenvalue weighted by Crippen LogP contribution is -2.44. The molecular weight excluding hydrogens is 512 g/mol. The molecule has 0 bridgehead atoms. The van der Waals surface area contributed by atoms with Crippen molar-refractivity contribution < 1.29 is 14.4 Å². The average molecular weight is 549 g/mol. The third kappa shape index (κ3) is 4.59. The number of aromatic amines is 1. The zero-order chi connectivity index (χ0) is 28.8. The van der Waals surface area contributed by atoms with E-state index in [1.54, 1.807) is 29.2 Å². The predicted octanol–water partition coefficient (Wildman–Crippen LogP) is 6.55. The molecule has 7 nitrogen and oxygen atoms in total. The van der Waals surface area contributed by atoms with Gasteiger partial charge in [0, 0.05) is 29.6 Å². The van der Waals surface area contributed by atoms with E-state index in [9.17, 15) is 14.4 Å². The second-order valence-corrected chi connectivity index (χ2v) is 11.8. The Kier molecular flexibility index (Phi) is 6.89. The number of H-pyrrole nitrogens is 1. The van der Waals surface area contributed by atoms with Gasteiger partial charge in [0.1, 0.15) is 12.1 Å². The quantitative estimate of drug-likeness (QED) is 0.257. The topological polar surface area (TPSA) is 85.5 Å². The Morgan fingerprint density at radius 2 is 1.66 bits per heavy atom. The van der Waals surface area contributed by atoms with E-state index in [0.29, 0.717) is 36.1 Å². The van der Waals surface area contributed by atoms with Gasteiger partial charge in [-0.05, 0) is 53.1 Å². The third-order valence-electron chi connectivity index (χ3n) is 8.36. The second-order valence-electron chi connectivity index (χ2n) is 11.8. The lowest BCUT2D eigenvalue weighted by atomic mass is 9.88. The maximum Gasteiger partial charge on any atom is 0.332 e. The summed E-state index contributed by atoms with van der Waals surface area (Å²) >= 11 is 0. The molecule has 1 fully saturated rings. The predicted molar refractivity (Wildman–Crippen MR) is 161 cm³/mol. The van der Waals surface area contributed by atoms with E-state index in [0.717, 1.165) is 34.1 Å². The molecule has 2 aliphatic heterocycles. The molecule has 6 rings (SSSR count). The fourth-order valence-electron chi connectivity index (χ4n) is 6.14. The molecule has 0 spiro atoms. The zero-order valence-corrected chi connectivity index (χ0v) is 24.0. The molecule has 2 aliphatic rings. The highest BCUT2D eigenvalue weighted by Gasteiger charge is 2.53. The number of anilines is 1. The van der Waals surface area contributed by atoms with E-state index in [2.05, 4.69) is 68.3 Å². The van der Waals surface area contributed by atoms with Crippen molar-refractivity contribution in [1.29, 1.82) is 0 Å². The summed E-state index contributed by atoms with van der Waals surface area (Å²) in [5.41, 5.74) is 5.77. The molecule has 4 aromatic rings. The molecule has 3 heterocycles. The van der Waals surface area contributed by atoms with Gasteiger partial charge in [0.15, 0.2) is 0 Å². The summed E-state index contributed by atoms with van der Waals surface area (Å²) in [6, 6.07) is 21.7. The van der Waals surface area contributed by atoms with Crippen LogP contribution in [-0.2, 0) is 11.2 Å². The Hall–Kier alpha value is -4.39. The molecule has 2 N–H and O–H groups in total. The molecule has 2 atom stereocenters. The van der Waals surface area contributed by atoms with Gasteiger partial charge in [-0.15, -0.1) is 0 Å². The van der Waals surface area contributed by atoms with Gasteiger partial charge >= 0.3 is 6.03 Å². The van der Waals surface area contributed by atoms with Gasteiger partial charge in [0.2, 0.25) is 0 Å². The van der Waals surface area contributed by atoms with Crippen LogP contribution in [0.5, 0.6) is 0 Å². The minimum atomic E-state index is -0.680. The highest BCUT2D eigenvalue weighted by atomic mass is 16.2. The van der Waals surface area contributed by atoms with Crippen molar-refractivity contribution >= 4 is 34.4 Å². The molecule has 0 aliphatic carbocycles. The van der Waals surface area contributed by atoms with Crippen molar-refractivity contribution in [3.05, 3.63) is 101 Å². The Balaban J connectivity index is 1.43. The fraction of sp³-hybridized carbons (Fsp3) is 0.324. The van der Waals surface area contributed by atoms with Gasteiger partial charge < -0.3 is 10.3 Å². The zero-order valence-electron chi connectivity index (χ0n) is 24.0. The summed E-state index contributed by atoms with van der Waals surface area (Å²) in [5, 5.41) is 4.02. The minimum absolute atomic E-state index is 0.288. The highest BCUT2D eigenvalue weighted by molar-refractivity contribution is 6.24. The van der Waals surface area contributed by atoms with E-state index >= 15 is 0 Å². The highest BCUT2D eigenvalue weighted by Crippen LogP contribution is 2.45. The minimum Gasteiger partial charge on any atom is -0.356 e. The first-order valence-corrected chi connectivity index (χ1v) is 14.5. The van der Waals surface area contributed by atoms with Gasteiger partial charge in [-0.3, -0.25) is 14.5 Å². The third-order valence-corrected chi connectivity index (χ3v) is 8.36. The SMILES string of the molecule is CC(C)CCNC(=O)c1ccccc1N1C(=O)C2Cc3c([nH]c4ccccc34)C(c3ccc(C(C)C)cc3)N2C1=O. The van der Waals surface area contributed by atoms with Crippen LogP contribution in [0, 0.1) is 5.92 Å². The Morgan fingerprint density at radius 3 is 2.39 bits per heavy atom. The number of carbonyl (C=O) groups excluding carboxylic acids is 3. The Bertz CT molecular complexity index is 1640. The summed E-state index contributed by atoms with van der Waals surface area (Å²) < 4.78 is 0. The number of rotatable bonds is 7. The number of imide groups is 1. The van der Waals surface area contributed by atoms with Gasteiger partial charge in [0.05, 0.1) is 11.3 Å². The largest absolute Gasteiger partial charge is 0.356 e. The van der Waals surface area contributed by atoms with Crippen LogP contribution >= 0.6 is 0 Å².